The fraction of sp³-hybridized carbons (Fsp3) is 0.556. The number of carbonyl (C=O) groups is 2. The summed E-state index contributed by atoms with van der Waals surface area (Å²) in [7, 11) is 0. The predicted molar refractivity (Wildman–Crippen MR) is 90.0 cm³/mol. The van der Waals surface area contributed by atoms with Gasteiger partial charge in [-0.25, -0.2) is 0 Å². The lowest BCUT2D eigenvalue weighted by Gasteiger charge is -2.21. The molecule has 0 unspecified atom stereocenters. The standard InChI is InChI=1S/C18H24N2O4/c1-11(2)16(19-12(3)21)17(22)20-13-6-7-14-15(10-13)24-18(23-14)8-4-5-9-18/h6-7,10-11,16H,4-5,8-9H2,1-3H3,(H,19,21)(H,20,22)/t16-/m1/s1. The number of carbonyl (C=O) groups excluding carboxylic acids is 2. The highest BCUT2D eigenvalue weighted by atomic mass is 16.7. The first-order chi connectivity index (χ1) is 11.4. The lowest BCUT2D eigenvalue weighted by molar-refractivity contribution is -0.126. The van der Waals surface area contributed by atoms with E-state index in [9.17, 15) is 9.59 Å². The maximum absolute atomic E-state index is 12.4. The van der Waals surface area contributed by atoms with Gasteiger partial charge in [-0.2, -0.15) is 0 Å². The van der Waals surface area contributed by atoms with Crippen molar-refractivity contribution in [3.05, 3.63) is 18.2 Å². The van der Waals surface area contributed by atoms with Crippen molar-refractivity contribution in [2.24, 2.45) is 5.92 Å². The summed E-state index contributed by atoms with van der Waals surface area (Å²) in [5, 5.41) is 5.53. The molecule has 2 amide bonds. The van der Waals surface area contributed by atoms with Crippen molar-refractivity contribution in [1.29, 1.82) is 0 Å². The van der Waals surface area contributed by atoms with Gasteiger partial charge in [-0.3, -0.25) is 9.59 Å². The van der Waals surface area contributed by atoms with E-state index in [-0.39, 0.29) is 17.7 Å². The van der Waals surface area contributed by atoms with Crippen molar-refractivity contribution in [2.75, 3.05) is 5.32 Å². The second-order valence-corrected chi connectivity index (χ2v) is 6.89. The first-order valence-corrected chi connectivity index (χ1v) is 8.49. The number of anilines is 1. The Morgan fingerprint density at radius 2 is 1.79 bits per heavy atom. The van der Waals surface area contributed by atoms with Crippen LogP contribution >= 0.6 is 0 Å². The molecule has 0 aromatic heterocycles. The van der Waals surface area contributed by atoms with E-state index in [0.29, 0.717) is 11.4 Å². The summed E-state index contributed by atoms with van der Waals surface area (Å²) < 4.78 is 12.0. The van der Waals surface area contributed by atoms with Crippen LogP contribution in [0.15, 0.2) is 18.2 Å². The number of hydrogen-bond acceptors (Lipinski definition) is 4. The van der Waals surface area contributed by atoms with Gasteiger partial charge >= 0.3 is 0 Å². The number of nitrogens with one attached hydrogen (secondary N) is 2. The minimum absolute atomic E-state index is 0.00957. The maximum Gasteiger partial charge on any atom is 0.251 e. The Kier molecular flexibility index (Phi) is 4.39. The van der Waals surface area contributed by atoms with Crippen molar-refractivity contribution in [3.8, 4) is 11.5 Å². The molecule has 1 aliphatic carbocycles. The lowest BCUT2D eigenvalue weighted by atomic mass is 10.0. The summed E-state index contributed by atoms with van der Waals surface area (Å²) in [6.07, 6.45) is 3.98. The molecule has 1 heterocycles. The third kappa shape index (κ3) is 3.32. The van der Waals surface area contributed by atoms with E-state index in [2.05, 4.69) is 10.6 Å². The zero-order valence-electron chi connectivity index (χ0n) is 14.3. The molecule has 1 aliphatic heterocycles. The summed E-state index contributed by atoms with van der Waals surface area (Å²) in [6, 6.07) is 4.82. The van der Waals surface area contributed by atoms with Crippen LogP contribution in [0.2, 0.25) is 0 Å². The van der Waals surface area contributed by atoms with Crippen LogP contribution in [-0.4, -0.2) is 23.6 Å². The molecule has 1 fully saturated rings. The summed E-state index contributed by atoms with van der Waals surface area (Å²) in [6.45, 7) is 5.19. The van der Waals surface area contributed by atoms with Crippen molar-refractivity contribution in [2.45, 2.75) is 58.3 Å². The summed E-state index contributed by atoms with van der Waals surface area (Å²) in [5.41, 5.74) is 0.633. The van der Waals surface area contributed by atoms with Gasteiger partial charge in [-0.05, 0) is 30.9 Å². The Morgan fingerprint density at radius 3 is 2.42 bits per heavy atom. The van der Waals surface area contributed by atoms with Crippen molar-refractivity contribution in [1.82, 2.24) is 5.32 Å². The van der Waals surface area contributed by atoms with Crippen LogP contribution in [0.25, 0.3) is 0 Å². The van der Waals surface area contributed by atoms with Gasteiger partial charge < -0.3 is 20.1 Å². The molecular formula is C18H24N2O4. The first-order valence-electron chi connectivity index (χ1n) is 8.49. The van der Waals surface area contributed by atoms with E-state index in [0.717, 1.165) is 31.4 Å². The molecular weight excluding hydrogens is 308 g/mol. The van der Waals surface area contributed by atoms with Crippen LogP contribution in [0.5, 0.6) is 11.5 Å². The number of hydrogen-bond donors (Lipinski definition) is 2. The fourth-order valence-corrected chi connectivity index (χ4v) is 3.26. The van der Waals surface area contributed by atoms with E-state index < -0.39 is 11.8 Å². The van der Waals surface area contributed by atoms with Crippen LogP contribution in [0.1, 0.15) is 46.5 Å². The molecule has 130 valence electrons. The highest BCUT2D eigenvalue weighted by molar-refractivity contribution is 5.97. The minimum atomic E-state index is -0.575. The Hall–Kier alpha value is -2.24. The zero-order valence-corrected chi connectivity index (χ0v) is 14.3. The zero-order chi connectivity index (χ0) is 17.3. The van der Waals surface area contributed by atoms with Crippen LogP contribution in [0, 0.1) is 5.92 Å². The van der Waals surface area contributed by atoms with E-state index in [1.807, 2.05) is 19.9 Å². The van der Waals surface area contributed by atoms with Gasteiger partial charge in [0.15, 0.2) is 11.5 Å². The van der Waals surface area contributed by atoms with Gasteiger partial charge in [0.05, 0.1) is 0 Å². The second-order valence-electron chi connectivity index (χ2n) is 6.89. The SMILES string of the molecule is CC(=O)N[C@@H](C(=O)Nc1ccc2c(c1)OC1(CCCC1)O2)C(C)C. The second kappa shape index (κ2) is 6.34. The smallest absolute Gasteiger partial charge is 0.251 e. The van der Waals surface area contributed by atoms with E-state index in [1.54, 1.807) is 12.1 Å². The Balaban J connectivity index is 1.71. The molecule has 0 radical (unpaired) electrons. The molecule has 3 rings (SSSR count). The topological polar surface area (TPSA) is 76.7 Å². The third-order valence-corrected chi connectivity index (χ3v) is 4.48. The minimum Gasteiger partial charge on any atom is -0.448 e. The van der Waals surface area contributed by atoms with Gasteiger partial charge in [-0.1, -0.05) is 13.8 Å². The molecule has 6 heteroatoms. The number of amides is 2. The lowest BCUT2D eigenvalue weighted by Crippen LogP contribution is -2.46. The highest BCUT2D eigenvalue weighted by Crippen LogP contribution is 2.47. The quantitative estimate of drug-likeness (QED) is 0.889. The number of fused-ring (bicyclic) bond motifs is 1. The largest absolute Gasteiger partial charge is 0.448 e. The van der Waals surface area contributed by atoms with E-state index in [4.69, 9.17) is 9.47 Å². The van der Waals surface area contributed by atoms with Crippen LogP contribution in [0.4, 0.5) is 5.69 Å². The van der Waals surface area contributed by atoms with Crippen LogP contribution in [0.3, 0.4) is 0 Å². The normalized spacial score (nSPS) is 18.7. The molecule has 0 saturated heterocycles. The fourth-order valence-electron chi connectivity index (χ4n) is 3.26. The Labute approximate surface area is 141 Å². The Morgan fingerprint density at radius 1 is 1.12 bits per heavy atom. The van der Waals surface area contributed by atoms with Crippen LogP contribution < -0.4 is 20.1 Å². The van der Waals surface area contributed by atoms with Crippen molar-refractivity contribution in [3.63, 3.8) is 0 Å². The number of rotatable bonds is 4. The monoisotopic (exact) mass is 332 g/mol. The maximum atomic E-state index is 12.4. The van der Waals surface area contributed by atoms with Gasteiger partial charge in [0.2, 0.25) is 11.8 Å². The summed E-state index contributed by atoms with van der Waals surface area (Å²) in [4.78, 5) is 23.7. The van der Waals surface area contributed by atoms with E-state index in [1.165, 1.54) is 6.92 Å². The molecule has 1 aromatic carbocycles. The average Bonchev–Trinajstić information content (AvgIpc) is 3.10. The Bertz CT molecular complexity index is 650. The number of ether oxygens (including phenoxy) is 2. The molecule has 1 aromatic rings. The highest BCUT2D eigenvalue weighted by Gasteiger charge is 2.44. The third-order valence-electron chi connectivity index (χ3n) is 4.48. The molecule has 1 spiro atoms. The van der Waals surface area contributed by atoms with Crippen molar-refractivity contribution < 1.29 is 19.1 Å². The van der Waals surface area contributed by atoms with Gasteiger partial charge in [0, 0.05) is 31.5 Å². The molecule has 1 atom stereocenters. The summed E-state index contributed by atoms with van der Waals surface area (Å²) >= 11 is 0. The first kappa shape index (κ1) is 16.6. The van der Waals surface area contributed by atoms with Crippen molar-refractivity contribution >= 4 is 17.5 Å². The van der Waals surface area contributed by atoms with Gasteiger partial charge in [-0.15, -0.1) is 0 Å². The molecule has 1 saturated carbocycles. The molecule has 6 nitrogen and oxygen atoms in total. The van der Waals surface area contributed by atoms with Gasteiger partial charge in [0.25, 0.3) is 5.79 Å². The van der Waals surface area contributed by atoms with Crippen LogP contribution in [-0.2, 0) is 9.59 Å². The molecule has 2 N–H and O–H groups in total. The molecule has 24 heavy (non-hydrogen) atoms. The summed E-state index contributed by atoms with van der Waals surface area (Å²) in [5.74, 6) is 0.395. The molecule has 0 bridgehead atoms. The number of benzene rings is 1. The van der Waals surface area contributed by atoms with E-state index >= 15 is 0 Å². The predicted octanol–water partition coefficient (Wildman–Crippen LogP) is 2.83. The molecule has 2 aliphatic rings. The average molecular weight is 332 g/mol. The van der Waals surface area contributed by atoms with Gasteiger partial charge in [0.1, 0.15) is 6.04 Å².